The van der Waals surface area contributed by atoms with Gasteiger partial charge in [0.2, 0.25) is 5.91 Å². The first kappa shape index (κ1) is 41.6. The quantitative estimate of drug-likeness (QED) is 0.160. The Kier molecular flexibility index (Phi) is 13.1. The second-order valence-electron chi connectivity index (χ2n) is 17.3. The molecule has 56 heavy (non-hydrogen) atoms. The van der Waals surface area contributed by atoms with Crippen LogP contribution in [0, 0.1) is 29.1 Å². The summed E-state index contributed by atoms with van der Waals surface area (Å²) in [7, 11) is 7.51. The summed E-state index contributed by atoms with van der Waals surface area (Å²) < 4.78 is 6.11. The van der Waals surface area contributed by atoms with Crippen LogP contribution in [-0.4, -0.2) is 111 Å². The third kappa shape index (κ3) is 8.92. The largest absolute Gasteiger partial charge is 0.496 e. The normalized spacial score (nSPS) is 25.3. The summed E-state index contributed by atoms with van der Waals surface area (Å²) in [4.78, 5) is 38.4. The minimum Gasteiger partial charge on any atom is -0.496 e. The van der Waals surface area contributed by atoms with Gasteiger partial charge in [0.25, 0.3) is 5.91 Å². The lowest BCUT2D eigenvalue weighted by atomic mass is 9.45. The lowest BCUT2D eigenvalue weighted by Gasteiger charge is -2.62. The van der Waals surface area contributed by atoms with E-state index in [1.807, 2.05) is 80.6 Å². The Balaban J connectivity index is 1.28. The van der Waals surface area contributed by atoms with E-state index in [1.54, 1.807) is 19.1 Å². The number of amides is 2. The van der Waals surface area contributed by atoms with Crippen LogP contribution in [0.25, 0.3) is 11.1 Å². The van der Waals surface area contributed by atoms with Crippen LogP contribution in [0.1, 0.15) is 62.0 Å². The Labute approximate surface area is 333 Å². The molecule has 11 nitrogen and oxygen atoms in total. The number of ether oxygens (including phenoxy) is 1. The lowest BCUT2D eigenvalue weighted by molar-refractivity contribution is -0.161. The molecule has 0 aromatic heterocycles. The van der Waals surface area contributed by atoms with Crippen molar-refractivity contribution in [3.63, 3.8) is 0 Å². The van der Waals surface area contributed by atoms with Gasteiger partial charge in [-0.05, 0) is 92.8 Å². The highest BCUT2D eigenvalue weighted by Crippen LogP contribution is 2.61. The summed E-state index contributed by atoms with van der Waals surface area (Å²) in [5, 5.41) is 29.0. The predicted molar refractivity (Wildman–Crippen MR) is 220 cm³/mol. The van der Waals surface area contributed by atoms with Gasteiger partial charge in [-0.2, -0.15) is 5.06 Å². The molecule has 2 amide bonds. The molecular formula is C45H63N5O6. The average Bonchev–Trinajstić information content (AvgIpc) is 3.59. The van der Waals surface area contributed by atoms with Crippen molar-refractivity contribution in [2.24, 2.45) is 29.1 Å². The summed E-state index contributed by atoms with van der Waals surface area (Å²) in [6.45, 7) is 10.2. The van der Waals surface area contributed by atoms with Gasteiger partial charge in [0.15, 0.2) is 0 Å². The van der Waals surface area contributed by atoms with Gasteiger partial charge < -0.3 is 35.4 Å². The van der Waals surface area contributed by atoms with Crippen LogP contribution in [0.5, 0.6) is 5.75 Å². The molecule has 1 heterocycles. The number of aliphatic hydroxyl groups excluding tert-OH is 2. The zero-order valence-electron chi connectivity index (χ0n) is 34.5. The number of rotatable bonds is 16. The molecule has 4 N–H and O–H groups in total. The highest BCUT2D eigenvalue weighted by Gasteiger charge is 2.57. The number of carbonyl (C=O) groups excluding carboxylic acids is 2. The van der Waals surface area contributed by atoms with Crippen LogP contribution < -0.4 is 20.3 Å². The number of fused-ring (bicyclic) bond motifs is 2. The highest BCUT2D eigenvalue weighted by molar-refractivity contribution is 5.97. The van der Waals surface area contributed by atoms with E-state index in [0.717, 1.165) is 34.4 Å². The number of para-hydroxylation sites is 1. The van der Waals surface area contributed by atoms with Crippen LogP contribution in [0.2, 0.25) is 0 Å². The monoisotopic (exact) mass is 769 g/mol. The first-order chi connectivity index (χ1) is 26.7. The standard InChI is InChI=1S/C45H63N5O6/c1-28-39-23-34(45(39,3)4)24-40(28)47-44(54)41-38(29(2)52)27-56-50(41)25-31-15-12-16-37(42(31)55-8)32-20-33(22-36(21-32)49(7)17-18-51)43(53)46-35(26-48(5)6)19-30-13-10-9-11-14-30/h9-16,20-22,28-29,34-35,38-41,51-52H,17-19,23-27H2,1-8H3,(H,46,53)(H,47,54)/t28-,29-,34+,35-,38-,39-,40-,41-/m0/s1. The molecule has 8 atom stereocenters. The molecular weight excluding hydrogens is 707 g/mol. The van der Waals surface area contributed by atoms with E-state index in [1.165, 1.54) is 6.42 Å². The molecule has 1 aliphatic heterocycles. The predicted octanol–water partition coefficient (Wildman–Crippen LogP) is 4.99. The summed E-state index contributed by atoms with van der Waals surface area (Å²) in [6, 6.07) is 21.0. The molecule has 7 rings (SSSR count). The molecule has 0 spiro atoms. The number of nitrogens with zero attached hydrogens (tertiary/aromatic N) is 3. The fourth-order valence-electron chi connectivity index (χ4n) is 9.56. The van der Waals surface area contributed by atoms with Crippen molar-refractivity contribution in [3.8, 4) is 16.9 Å². The zero-order chi connectivity index (χ0) is 40.3. The molecule has 1 saturated heterocycles. The average molecular weight is 770 g/mol. The Hall–Kier alpha value is -4.00. The fourth-order valence-corrected chi connectivity index (χ4v) is 9.56. The smallest absolute Gasteiger partial charge is 0.251 e. The number of hydrogen-bond acceptors (Lipinski definition) is 9. The highest BCUT2D eigenvalue weighted by atomic mass is 16.7. The molecule has 4 fully saturated rings. The van der Waals surface area contributed by atoms with E-state index in [0.29, 0.717) is 54.0 Å². The number of nitrogens with one attached hydrogen (secondary N) is 2. The SMILES string of the molecule is COc1c(CN2OC[C@@H]([C@H](C)O)[C@H]2C(=O)N[C@H]2C[C@H]3C[C@@H]([C@@H]2C)C3(C)C)cccc1-c1cc(C(=O)N[C@@H](Cc2ccccc2)CN(C)C)cc(N(C)CCO)c1. The maximum Gasteiger partial charge on any atom is 0.251 e. The maximum absolute atomic E-state index is 14.2. The molecule has 3 aromatic rings. The van der Waals surface area contributed by atoms with Crippen molar-refractivity contribution in [3.05, 3.63) is 83.4 Å². The minimum absolute atomic E-state index is 0.0418. The minimum atomic E-state index is -0.742. The van der Waals surface area contributed by atoms with E-state index in [9.17, 15) is 19.8 Å². The van der Waals surface area contributed by atoms with Crippen LogP contribution in [0.3, 0.4) is 0 Å². The van der Waals surface area contributed by atoms with Crippen LogP contribution in [-0.2, 0) is 22.6 Å². The van der Waals surface area contributed by atoms with Crippen molar-refractivity contribution in [2.75, 3.05) is 59.5 Å². The molecule has 3 aromatic carbocycles. The van der Waals surface area contributed by atoms with Crippen molar-refractivity contribution >= 4 is 17.5 Å². The second-order valence-corrected chi connectivity index (χ2v) is 17.3. The number of anilines is 1. The number of hydroxylamine groups is 2. The van der Waals surface area contributed by atoms with Gasteiger partial charge in [0.1, 0.15) is 11.8 Å². The van der Waals surface area contributed by atoms with Crippen LogP contribution >= 0.6 is 0 Å². The number of benzene rings is 3. The zero-order valence-corrected chi connectivity index (χ0v) is 34.5. The first-order valence-corrected chi connectivity index (χ1v) is 20.2. The van der Waals surface area contributed by atoms with Crippen molar-refractivity contribution < 1.29 is 29.4 Å². The van der Waals surface area contributed by atoms with Gasteiger partial charge in [-0.1, -0.05) is 69.3 Å². The summed E-state index contributed by atoms with van der Waals surface area (Å²) >= 11 is 0. The molecule has 0 radical (unpaired) electrons. The third-order valence-corrected chi connectivity index (χ3v) is 13.0. The van der Waals surface area contributed by atoms with E-state index in [-0.39, 0.29) is 43.7 Å². The summed E-state index contributed by atoms with van der Waals surface area (Å²) in [5.41, 5.74) is 5.07. The third-order valence-electron chi connectivity index (χ3n) is 13.0. The van der Waals surface area contributed by atoms with E-state index < -0.39 is 18.1 Å². The van der Waals surface area contributed by atoms with Crippen molar-refractivity contribution in [2.45, 2.75) is 77.7 Å². The van der Waals surface area contributed by atoms with E-state index >= 15 is 0 Å². The van der Waals surface area contributed by atoms with Crippen molar-refractivity contribution in [1.29, 1.82) is 0 Å². The number of aliphatic hydroxyl groups is 2. The summed E-state index contributed by atoms with van der Waals surface area (Å²) in [5.74, 6) is 1.46. The fraction of sp³-hybridized carbons (Fsp3) is 0.556. The first-order valence-electron chi connectivity index (χ1n) is 20.2. The van der Waals surface area contributed by atoms with E-state index in [4.69, 9.17) is 9.57 Å². The number of hydrogen-bond donors (Lipinski definition) is 4. The van der Waals surface area contributed by atoms with Crippen molar-refractivity contribution in [1.82, 2.24) is 20.6 Å². The van der Waals surface area contributed by atoms with Gasteiger partial charge in [0.05, 0.1) is 33.0 Å². The Morgan fingerprint density at radius 1 is 1.05 bits per heavy atom. The Morgan fingerprint density at radius 3 is 2.45 bits per heavy atom. The molecule has 4 aliphatic rings. The molecule has 0 unspecified atom stereocenters. The van der Waals surface area contributed by atoms with Crippen LogP contribution in [0.15, 0.2) is 66.7 Å². The van der Waals surface area contributed by atoms with Crippen LogP contribution in [0.4, 0.5) is 5.69 Å². The second kappa shape index (κ2) is 17.6. The lowest BCUT2D eigenvalue weighted by Crippen LogP contribution is -2.62. The summed E-state index contributed by atoms with van der Waals surface area (Å²) in [6.07, 6.45) is 2.14. The molecule has 3 saturated carbocycles. The van der Waals surface area contributed by atoms with Gasteiger partial charge in [-0.3, -0.25) is 14.4 Å². The molecule has 304 valence electrons. The topological polar surface area (TPSA) is 127 Å². The molecule has 2 bridgehead atoms. The van der Waals surface area contributed by atoms with Gasteiger partial charge >= 0.3 is 0 Å². The molecule has 3 aliphatic carbocycles. The van der Waals surface area contributed by atoms with Gasteiger partial charge in [-0.15, -0.1) is 0 Å². The number of carbonyl (C=O) groups is 2. The maximum atomic E-state index is 14.2. The number of methoxy groups -OCH3 is 1. The molecule has 11 heteroatoms. The Bertz CT molecular complexity index is 1820. The van der Waals surface area contributed by atoms with Gasteiger partial charge in [0, 0.05) is 60.5 Å². The Morgan fingerprint density at radius 2 is 1.80 bits per heavy atom. The number of likely N-dealkylation sites (N-methyl/N-ethyl adjacent to an activating group) is 2. The van der Waals surface area contributed by atoms with E-state index in [2.05, 4.69) is 48.4 Å². The van der Waals surface area contributed by atoms with Gasteiger partial charge in [-0.25, -0.2) is 0 Å².